The van der Waals surface area contributed by atoms with Crippen molar-refractivity contribution >= 4 is 35.3 Å². The first-order chi connectivity index (χ1) is 17.9. The van der Waals surface area contributed by atoms with Gasteiger partial charge in [-0.15, -0.1) is 0 Å². The molecule has 2 atom stereocenters. The average molecular weight is 557 g/mol. The Hall–Kier alpha value is -3.13. The van der Waals surface area contributed by atoms with Gasteiger partial charge in [0.25, 0.3) is 0 Å². The molecule has 0 radical (unpaired) electrons. The highest BCUT2D eigenvalue weighted by Gasteiger charge is 2.33. The number of carboxylic acids is 1. The largest absolute Gasteiger partial charge is 0.478 e. The number of halogens is 2. The Kier molecular flexibility index (Phi) is 8.31. The number of aliphatic hydroxyl groups excluding tert-OH is 1. The smallest absolute Gasteiger partial charge is 0.410 e. The Balaban J connectivity index is 1.59. The summed E-state index contributed by atoms with van der Waals surface area (Å²) in [5, 5.41) is 20.6. The van der Waals surface area contributed by atoms with Crippen LogP contribution in [0.4, 0.5) is 4.79 Å². The van der Waals surface area contributed by atoms with E-state index in [2.05, 4.69) is 17.1 Å². The summed E-state index contributed by atoms with van der Waals surface area (Å²) in [4.78, 5) is 30.1. The zero-order valence-electron chi connectivity index (χ0n) is 21.4. The SMILES string of the molecule is CC(C)(C)OC(=O)N(C[C@@H](O)c1cnc(Cl)c(Cl)c1)[C@H]1CCc2ccc(-c3ccc(C(=O)O)cc3)cc2C1. The van der Waals surface area contributed by atoms with E-state index in [1.165, 1.54) is 11.8 Å². The summed E-state index contributed by atoms with van der Waals surface area (Å²) in [7, 11) is 0. The third-order valence-electron chi connectivity index (χ3n) is 6.51. The van der Waals surface area contributed by atoms with Gasteiger partial charge in [-0.05, 0) is 80.5 Å². The highest BCUT2D eigenvalue weighted by atomic mass is 35.5. The number of nitrogens with zero attached hydrogens (tertiary/aromatic N) is 2. The Morgan fingerprint density at radius 2 is 1.76 bits per heavy atom. The Morgan fingerprint density at radius 3 is 2.39 bits per heavy atom. The molecule has 1 amide bonds. The first kappa shape index (κ1) is 27.9. The van der Waals surface area contributed by atoms with Crippen molar-refractivity contribution in [1.82, 2.24) is 9.88 Å². The molecular formula is C29H30Cl2N2O5. The molecular weight excluding hydrogens is 527 g/mol. The number of fused-ring (bicyclic) bond motifs is 1. The van der Waals surface area contributed by atoms with Crippen molar-refractivity contribution in [2.45, 2.75) is 57.8 Å². The van der Waals surface area contributed by atoms with Gasteiger partial charge in [-0.25, -0.2) is 14.6 Å². The van der Waals surface area contributed by atoms with E-state index in [9.17, 15) is 19.8 Å². The lowest BCUT2D eigenvalue weighted by Crippen LogP contribution is -2.47. The molecule has 3 aromatic rings. The lowest BCUT2D eigenvalue weighted by Gasteiger charge is -2.37. The Bertz CT molecular complexity index is 1340. The van der Waals surface area contributed by atoms with E-state index in [-0.39, 0.29) is 28.3 Å². The number of benzene rings is 2. The number of aromatic carboxylic acids is 1. The van der Waals surface area contributed by atoms with E-state index < -0.39 is 23.8 Å². The molecule has 1 heterocycles. The fraction of sp³-hybridized carbons (Fsp3) is 0.345. The van der Waals surface area contributed by atoms with Crippen LogP contribution in [-0.4, -0.2) is 50.3 Å². The molecule has 0 unspecified atom stereocenters. The summed E-state index contributed by atoms with van der Waals surface area (Å²) in [6.45, 7) is 5.42. The molecule has 0 aliphatic heterocycles. The normalized spacial score (nSPS) is 15.9. The minimum Gasteiger partial charge on any atom is -0.478 e. The van der Waals surface area contributed by atoms with E-state index in [1.54, 1.807) is 56.0 Å². The van der Waals surface area contributed by atoms with Crippen LogP contribution in [-0.2, 0) is 17.6 Å². The van der Waals surface area contributed by atoms with Crippen LogP contribution in [0.25, 0.3) is 11.1 Å². The van der Waals surface area contributed by atoms with Crippen LogP contribution in [0.5, 0.6) is 0 Å². The average Bonchev–Trinajstić information content (AvgIpc) is 2.87. The van der Waals surface area contributed by atoms with Gasteiger partial charge >= 0.3 is 12.1 Å². The molecule has 7 nitrogen and oxygen atoms in total. The quantitative estimate of drug-likeness (QED) is 0.332. The number of pyridine rings is 1. The summed E-state index contributed by atoms with van der Waals surface area (Å²) in [6.07, 6.45) is 1.98. The van der Waals surface area contributed by atoms with Gasteiger partial charge in [-0.2, -0.15) is 0 Å². The number of carbonyl (C=O) groups excluding carboxylic acids is 1. The lowest BCUT2D eigenvalue weighted by molar-refractivity contribution is 0.00191. The molecule has 0 fully saturated rings. The van der Waals surface area contributed by atoms with Crippen LogP contribution in [0.1, 0.15) is 60.3 Å². The molecule has 4 rings (SSSR count). The molecule has 0 spiro atoms. The molecule has 2 N–H and O–H groups in total. The second-order valence-electron chi connectivity index (χ2n) is 10.5. The fourth-order valence-electron chi connectivity index (χ4n) is 4.59. The molecule has 38 heavy (non-hydrogen) atoms. The molecule has 1 aliphatic rings. The van der Waals surface area contributed by atoms with Crippen molar-refractivity contribution in [3.63, 3.8) is 0 Å². The third kappa shape index (κ3) is 6.65. The Labute approximate surface area is 232 Å². The highest BCUT2D eigenvalue weighted by molar-refractivity contribution is 6.41. The highest BCUT2D eigenvalue weighted by Crippen LogP contribution is 2.32. The first-order valence-corrected chi connectivity index (χ1v) is 13.1. The van der Waals surface area contributed by atoms with Gasteiger partial charge < -0.3 is 19.8 Å². The van der Waals surface area contributed by atoms with Gasteiger partial charge in [0.1, 0.15) is 10.8 Å². The maximum atomic E-state index is 13.3. The predicted octanol–water partition coefficient (Wildman–Crippen LogP) is 6.58. The van der Waals surface area contributed by atoms with E-state index in [4.69, 9.17) is 27.9 Å². The minimum atomic E-state index is -1.04. The van der Waals surface area contributed by atoms with Crippen LogP contribution in [0, 0.1) is 0 Å². The van der Waals surface area contributed by atoms with Gasteiger partial charge in [0.05, 0.1) is 23.2 Å². The van der Waals surface area contributed by atoms with Crippen LogP contribution < -0.4 is 0 Å². The zero-order chi connectivity index (χ0) is 27.6. The summed E-state index contributed by atoms with van der Waals surface area (Å²) in [5.41, 5.74) is 4.16. The zero-order valence-corrected chi connectivity index (χ0v) is 23.0. The number of hydrogen-bond acceptors (Lipinski definition) is 5. The van der Waals surface area contributed by atoms with E-state index in [0.717, 1.165) is 23.1 Å². The molecule has 2 aromatic carbocycles. The first-order valence-electron chi connectivity index (χ1n) is 12.4. The number of amides is 1. The fourth-order valence-corrected chi connectivity index (χ4v) is 4.87. The maximum absolute atomic E-state index is 13.3. The minimum absolute atomic E-state index is 0.00486. The van der Waals surface area contributed by atoms with Crippen molar-refractivity contribution in [2.75, 3.05) is 6.54 Å². The van der Waals surface area contributed by atoms with Gasteiger partial charge in [0.15, 0.2) is 0 Å². The van der Waals surface area contributed by atoms with E-state index >= 15 is 0 Å². The monoisotopic (exact) mass is 556 g/mol. The van der Waals surface area contributed by atoms with Crippen molar-refractivity contribution in [3.8, 4) is 11.1 Å². The molecule has 0 saturated heterocycles. The van der Waals surface area contributed by atoms with Crippen molar-refractivity contribution in [1.29, 1.82) is 0 Å². The predicted molar refractivity (Wildman–Crippen MR) is 147 cm³/mol. The molecule has 1 aliphatic carbocycles. The standard InChI is InChI=1S/C29H30Cl2N2O5/c1-29(2,3)38-28(37)33(16-25(34)22-14-24(30)26(31)32-15-22)23-11-10-18-6-9-20(12-21(18)13-23)17-4-7-19(8-5-17)27(35)36/h4-9,12,14-15,23,25,34H,10-11,13,16H2,1-3H3,(H,35,36)/t23-,25+/m0/s1. The van der Waals surface area contributed by atoms with Crippen molar-refractivity contribution < 1.29 is 24.5 Å². The van der Waals surface area contributed by atoms with Crippen molar-refractivity contribution in [3.05, 3.63) is 87.2 Å². The number of aromatic nitrogens is 1. The molecule has 200 valence electrons. The third-order valence-corrected chi connectivity index (χ3v) is 7.20. The topological polar surface area (TPSA) is 100.0 Å². The second-order valence-corrected chi connectivity index (χ2v) is 11.2. The molecule has 0 saturated carbocycles. The maximum Gasteiger partial charge on any atom is 0.410 e. The molecule has 1 aromatic heterocycles. The number of carbonyl (C=O) groups is 2. The van der Waals surface area contributed by atoms with Crippen LogP contribution in [0.2, 0.25) is 10.2 Å². The van der Waals surface area contributed by atoms with Gasteiger partial charge in [-0.1, -0.05) is 53.5 Å². The number of carboxylic acid groups (broad SMARTS) is 1. The Morgan fingerprint density at radius 1 is 1.08 bits per heavy atom. The number of rotatable bonds is 6. The summed E-state index contributed by atoms with van der Waals surface area (Å²) in [6, 6.07) is 14.3. The van der Waals surface area contributed by atoms with E-state index in [1.807, 2.05) is 6.07 Å². The number of hydrogen-bond donors (Lipinski definition) is 2. The van der Waals surface area contributed by atoms with Crippen LogP contribution in [0.3, 0.4) is 0 Å². The second kappa shape index (κ2) is 11.3. The van der Waals surface area contributed by atoms with E-state index in [0.29, 0.717) is 18.4 Å². The number of ether oxygens (including phenoxy) is 1. The summed E-state index contributed by atoms with van der Waals surface area (Å²) < 4.78 is 5.71. The molecule has 0 bridgehead atoms. The van der Waals surface area contributed by atoms with Crippen LogP contribution >= 0.6 is 23.2 Å². The lowest BCUT2D eigenvalue weighted by atomic mass is 9.85. The summed E-state index contributed by atoms with van der Waals surface area (Å²) in [5.74, 6) is -0.967. The number of aryl methyl sites for hydroxylation is 1. The molecule has 9 heteroatoms. The summed E-state index contributed by atoms with van der Waals surface area (Å²) >= 11 is 12.0. The van der Waals surface area contributed by atoms with Crippen LogP contribution in [0.15, 0.2) is 54.7 Å². The number of aliphatic hydroxyl groups is 1. The van der Waals surface area contributed by atoms with Crippen molar-refractivity contribution in [2.24, 2.45) is 0 Å². The van der Waals surface area contributed by atoms with Gasteiger partial charge in [0.2, 0.25) is 0 Å². The van der Waals surface area contributed by atoms with Gasteiger partial charge in [0, 0.05) is 17.8 Å². The van der Waals surface area contributed by atoms with Gasteiger partial charge in [-0.3, -0.25) is 0 Å².